The SMILES string of the molecule is CCOC(=O)/C=C(/CC(NC(=O)OC(C)(C)C)(C(=O)OC)C(F)(F)F)N1CCCC1. The number of alkyl carbamates (subject to hydrolysis) is 1. The number of carbonyl (C=O) groups excluding carboxylic acids is 3. The molecule has 8 nitrogen and oxygen atoms in total. The molecule has 30 heavy (non-hydrogen) atoms. The fourth-order valence-electron chi connectivity index (χ4n) is 2.96. The number of rotatable bonds is 7. The van der Waals surface area contributed by atoms with E-state index in [0.717, 1.165) is 13.2 Å². The minimum Gasteiger partial charge on any atom is -0.467 e. The van der Waals surface area contributed by atoms with Crippen LogP contribution in [0.2, 0.25) is 0 Å². The molecule has 0 saturated carbocycles. The molecular weight excluding hydrogens is 409 g/mol. The van der Waals surface area contributed by atoms with Gasteiger partial charge in [-0.05, 0) is 40.5 Å². The summed E-state index contributed by atoms with van der Waals surface area (Å²) in [5, 5.41) is 1.66. The lowest BCUT2D eigenvalue weighted by Gasteiger charge is -2.36. The Morgan fingerprint density at radius 1 is 1.10 bits per heavy atom. The van der Waals surface area contributed by atoms with Crippen LogP contribution in [-0.2, 0) is 23.8 Å². The van der Waals surface area contributed by atoms with E-state index in [1.165, 1.54) is 20.8 Å². The summed E-state index contributed by atoms with van der Waals surface area (Å²) in [6, 6.07) is 0. The molecule has 1 heterocycles. The molecule has 1 saturated heterocycles. The predicted octanol–water partition coefficient (Wildman–Crippen LogP) is 2.92. The largest absolute Gasteiger partial charge is 0.467 e. The summed E-state index contributed by atoms with van der Waals surface area (Å²) < 4.78 is 56.8. The van der Waals surface area contributed by atoms with Gasteiger partial charge in [-0.2, -0.15) is 13.2 Å². The quantitative estimate of drug-likeness (QED) is 0.371. The molecular formula is C19H29F3N2O6. The van der Waals surface area contributed by atoms with E-state index in [1.807, 2.05) is 0 Å². The van der Waals surface area contributed by atoms with Crippen LogP contribution < -0.4 is 5.32 Å². The van der Waals surface area contributed by atoms with Gasteiger partial charge >= 0.3 is 24.2 Å². The molecule has 1 unspecified atom stereocenters. The molecule has 1 aliphatic rings. The van der Waals surface area contributed by atoms with E-state index >= 15 is 0 Å². The molecule has 1 fully saturated rings. The third kappa shape index (κ3) is 6.81. The monoisotopic (exact) mass is 438 g/mol. The smallest absolute Gasteiger partial charge is 0.422 e. The maximum atomic E-state index is 14.2. The van der Waals surface area contributed by atoms with Crippen LogP contribution in [0.1, 0.15) is 47.0 Å². The summed E-state index contributed by atoms with van der Waals surface area (Å²) >= 11 is 0. The number of esters is 2. The zero-order valence-electron chi connectivity index (χ0n) is 17.9. The molecule has 0 aromatic rings. The van der Waals surface area contributed by atoms with Gasteiger partial charge in [0.1, 0.15) is 5.60 Å². The lowest BCUT2D eigenvalue weighted by atomic mass is 9.91. The predicted molar refractivity (Wildman–Crippen MR) is 100 cm³/mol. The number of nitrogens with zero attached hydrogens (tertiary/aromatic N) is 1. The van der Waals surface area contributed by atoms with Gasteiger partial charge in [-0.1, -0.05) is 0 Å². The second kappa shape index (κ2) is 10.0. The van der Waals surface area contributed by atoms with Crippen LogP contribution in [0.25, 0.3) is 0 Å². The highest BCUT2D eigenvalue weighted by atomic mass is 19.4. The molecule has 0 aliphatic carbocycles. The number of methoxy groups -OCH3 is 1. The number of halogens is 3. The summed E-state index contributed by atoms with van der Waals surface area (Å²) in [6.07, 6.45) is -5.42. The number of carbonyl (C=O) groups is 3. The zero-order valence-corrected chi connectivity index (χ0v) is 17.9. The number of amides is 1. The van der Waals surface area contributed by atoms with Gasteiger partial charge < -0.3 is 19.1 Å². The van der Waals surface area contributed by atoms with Crippen molar-refractivity contribution in [2.75, 3.05) is 26.8 Å². The Hall–Kier alpha value is -2.46. The van der Waals surface area contributed by atoms with E-state index in [4.69, 9.17) is 9.47 Å². The maximum Gasteiger partial charge on any atom is 0.422 e. The number of likely N-dealkylation sites (tertiary alicyclic amines) is 1. The Labute approximate surface area is 173 Å². The van der Waals surface area contributed by atoms with Crippen LogP contribution in [0.3, 0.4) is 0 Å². The van der Waals surface area contributed by atoms with Crippen molar-refractivity contribution in [1.82, 2.24) is 10.2 Å². The third-order valence-electron chi connectivity index (χ3n) is 4.26. The van der Waals surface area contributed by atoms with E-state index in [1.54, 1.807) is 17.1 Å². The van der Waals surface area contributed by atoms with Crippen molar-refractivity contribution >= 4 is 18.0 Å². The fraction of sp³-hybridized carbons (Fsp3) is 0.737. The van der Waals surface area contributed by atoms with Gasteiger partial charge in [-0.25, -0.2) is 14.4 Å². The molecule has 0 aromatic heterocycles. The Bertz CT molecular complexity index is 666. The first kappa shape index (κ1) is 25.6. The molecule has 172 valence electrons. The van der Waals surface area contributed by atoms with Gasteiger partial charge in [0.2, 0.25) is 5.54 Å². The van der Waals surface area contributed by atoms with E-state index in [2.05, 4.69) is 4.74 Å². The minimum absolute atomic E-state index is 0.0280. The van der Waals surface area contributed by atoms with Crippen molar-refractivity contribution < 1.29 is 41.8 Å². The van der Waals surface area contributed by atoms with Crippen molar-refractivity contribution in [2.24, 2.45) is 0 Å². The van der Waals surface area contributed by atoms with Gasteiger partial charge in [0, 0.05) is 31.3 Å². The normalized spacial score (nSPS) is 17.2. The lowest BCUT2D eigenvalue weighted by molar-refractivity contribution is -0.211. The van der Waals surface area contributed by atoms with E-state index in [0.29, 0.717) is 25.9 Å². The van der Waals surface area contributed by atoms with Crippen molar-refractivity contribution in [3.63, 3.8) is 0 Å². The summed E-state index contributed by atoms with van der Waals surface area (Å²) in [5.41, 5.74) is -4.65. The van der Waals surface area contributed by atoms with Crippen molar-refractivity contribution in [1.29, 1.82) is 0 Å². The van der Waals surface area contributed by atoms with Crippen LogP contribution in [0, 0.1) is 0 Å². The van der Waals surface area contributed by atoms with E-state index < -0.39 is 41.8 Å². The van der Waals surface area contributed by atoms with Gasteiger partial charge in [-0.15, -0.1) is 0 Å². The number of hydrogen-bond acceptors (Lipinski definition) is 7. The van der Waals surface area contributed by atoms with Gasteiger partial charge in [0.25, 0.3) is 0 Å². The average Bonchev–Trinajstić information content (AvgIpc) is 3.11. The summed E-state index contributed by atoms with van der Waals surface area (Å²) in [5.74, 6) is -2.58. The maximum absolute atomic E-state index is 14.2. The first-order valence-corrected chi connectivity index (χ1v) is 9.54. The highest BCUT2D eigenvalue weighted by Gasteiger charge is 2.63. The number of hydrogen-bond donors (Lipinski definition) is 1. The first-order chi connectivity index (χ1) is 13.8. The second-order valence-electron chi connectivity index (χ2n) is 7.78. The Kier molecular flexibility index (Phi) is 8.55. The second-order valence-corrected chi connectivity index (χ2v) is 7.78. The molecule has 0 spiro atoms. The fourth-order valence-corrected chi connectivity index (χ4v) is 2.96. The van der Waals surface area contributed by atoms with Crippen molar-refractivity contribution in [3.8, 4) is 0 Å². The average molecular weight is 438 g/mol. The molecule has 0 aromatic carbocycles. The van der Waals surface area contributed by atoms with Crippen molar-refractivity contribution in [3.05, 3.63) is 11.8 Å². The Morgan fingerprint density at radius 3 is 2.10 bits per heavy atom. The third-order valence-corrected chi connectivity index (χ3v) is 4.26. The lowest BCUT2D eigenvalue weighted by Crippen LogP contribution is -2.65. The van der Waals surface area contributed by atoms with Crippen molar-refractivity contribution in [2.45, 2.75) is 64.3 Å². The molecule has 0 bridgehead atoms. The van der Waals surface area contributed by atoms with E-state index in [-0.39, 0.29) is 12.3 Å². The molecule has 1 atom stereocenters. The molecule has 1 N–H and O–H groups in total. The molecule has 11 heteroatoms. The highest BCUT2D eigenvalue weighted by molar-refractivity contribution is 5.88. The summed E-state index contributed by atoms with van der Waals surface area (Å²) in [7, 11) is 0.782. The molecule has 1 aliphatic heterocycles. The summed E-state index contributed by atoms with van der Waals surface area (Å²) in [4.78, 5) is 38.1. The Balaban J connectivity index is 3.43. The number of nitrogens with one attached hydrogen (secondary N) is 1. The molecule has 1 rings (SSSR count). The number of ether oxygens (including phenoxy) is 3. The Morgan fingerprint density at radius 2 is 1.67 bits per heavy atom. The highest BCUT2D eigenvalue weighted by Crippen LogP contribution is 2.38. The van der Waals surface area contributed by atoms with Crippen LogP contribution in [-0.4, -0.2) is 67.1 Å². The van der Waals surface area contributed by atoms with Crippen LogP contribution >= 0.6 is 0 Å². The van der Waals surface area contributed by atoms with Crippen LogP contribution in [0.4, 0.5) is 18.0 Å². The van der Waals surface area contributed by atoms with Crippen LogP contribution in [0.5, 0.6) is 0 Å². The summed E-state index contributed by atoms with van der Waals surface area (Å²) in [6.45, 7) is 6.78. The topological polar surface area (TPSA) is 94.2 Å². The number of alkyl halides is 3. The van der Waals surface area contributed by atoms with Gasteiger partial charge in [0.05, 0.1) is 13.7 Å². The minimum atomic E-state index is -5.25. The zero-order chi connectivity index (χ0) is 23.2. The molecule has 0 radical (unpaired) electrons. The van der Waals surface area contributed by atoms with Gasteiger partial charge in [-0.3, -0.25) is 5.32 Å². The molecule has 1 amide bonds. The van der Waals surface area contributed by atoms with E-state index in [9.17, 15) is 27.6 Å². The van der Waals surface area contributed by atoms with Gasteiger partial charge in [0.15, 0.2) is 0 Å². The standard InChI is InChI=1S/C19H29F3N2O6/c1-6-29-14(25)11-13(24-9-7-8-10-24)12-18(15(26)28-5,19(20,21)22)23-16(27)30-17(2,3)4/h11H,6-10,12H2,1-5H3,(H,23,27)/b13-11-. The van der Waals surface area contributed by atoms with Crippen LogP contribution in [0.15, 0.2) is 11.8 Å². The first-order valence-electron chi connectivity index (χ1n) is 9.54.